The molecule has 0 bridgehead atoms. The molecule has 0 radical (unpaired) electrons. The highest BCUT2D eigenvalue weighted by Gasteiger charge is 2.40. The highest BCUT2D eigenvalue weighted by atomic mass is 19.4. The molecule has 1 aromatic heterocycles. The first kappa shape index (κ1) is 22.8. The zero-order chi connectivity index (χ0) is 23.8. The van der Waals surface area contributed by atoms with E-state index in [1.165, 1.54) is 31.3 Å². The molecule has 168 valence electrons. The lowest BCUT2D eigenvalue weighted by atomic mass is 9.99. The van der Waals surface area contributed by atoms with Gasteiger partial charge < -0.3 is 5.32 Å². The Morgan fingerprint density at radius 2 is 1.72 bits per heavy atom. The topological polar surface area (TPSA) is 90.1 Å². The van der Waals surface area contributed by atoms with Crippen molar-refractivity contribution in [2.45, 2.75) is 12.4 Å². The molecule has 0 saturated carbocycles. The number of nitro benzene ring substituents is 1. The number of rotatable bonds is 4. The molecule has 0 spiro atoms. The molecule has 0 aliphatic carbocycles. The summed E-state index contributed by atoms with van der Waals surface area (Å²) < 4.78 is 80.2. The lowest BCUT2D eigenvalue weighted by Crippen LogP contribution is -2.18. The first-order valence-corrected chi connectivity index (χ1v) is 8.66. The maximum atomic E-state index is 13.3. The van der Waals surface area contributed by atoms with Crippen molar-refractivity contribution in [3.8, 4) is 11.1 Å². The lowest BCUT2D eigenvalue weighted by Gasteiger charge is -2.14. The maximum Gasteiger partial charge on any atom is 0.435 e. The molecule has 0 fully saturated rings. The van der Waals surface area contributed by atoms with E-state index in [2.05, 4.69) is 10.4 Å². The summed E-state index contributed by atoms with van der Waals surface area (Å²) in [5.74, 6) is -1.18. The predicted octanol–water partition coefficient (Wildman–Crippen LogP) is 5.29. The lowest BCUT2D eigenvalue weighted by molar-refractivity contribution is -0.388. The first-order valence-electron chi connectivity index (χ1n) is 8.66. The van der Waals surface area contributed by atoms with Crippen molar-refractivity contribution < 1.29 is 36.1 Å². The zero-order valence-corrected chi connectivity index (χ0v) is 16.0. The number of nitrogens with zero attached hydrogens (tertiary/aromatic N) is 3. The molecule has 3 aromatic rings. The molecular formula is C19H12F6N4O3. The fourth-order valence-corrected chi connectivity index (χ4v) is 2.99. The molecule has 3 rings (SSSR count). The van der Waals surface area contributed by atoms with Crippen LogP contribution in [0.5, 0.6) is 0 Å². The van der Waals surface area contributed by atoms with Crippen LogP contribution in [0.25, 0.3) is 11.1 Å². The van der Waals surface area contributed by atoms with Crippen molar-refractivity contribution in [1.29, 1.82) is 0 Å². The van der Waals surface area contributed by atoms with Gasteiger partial charge in [0.2, 0.25) is 0 Å². The summed E-state index contributed by atoms with van der Waals surface area (Å²) in [5, 5.41) is 16.4. The minimum Gasteiger partial charge on any atom is -0.321 e. The van der Waals surface area contributed by atoms with E-state index in [1.54, 1.807) is 0 Å². The molecular weight excluding hydrogens is 446 g/mol. The van der Waals surface area contributed by atoms with Crippen molar-refractivity contribution >= 4 is 17.3 Å². The third-order valence-corrected chi connectivity index (χ3v) is 4.33. The van der Waals surface area contributed by atoms with Gasteiger partial charge in [-0.05, 0) is 23.8 Å². The molecule has 0 saturated heterocycles. The van der Waals surface area contributed by atoms with Crippen LogP contribution in [-0.4, -0.2) is 20.6 Å². The standard InChI is InChI=1S/C19H12F6N4O3/c1-28-9-12(16(27-28)19(23,24)25)17(30)26-14-5-3-2-4-11(14)10-6-7-15(29(31)32)13(8-10)18(20,21)22/h2-9H,1H3,(H,26,30). The Morgan fingerprint density at radius 3 is 2.31 bits per heavy atom. The first-order chi connectivity index (χ1) is 14.8. The number of halogens is 6. The van der Waals surface area contributed by atoms with Crippen molar-refractivity contribution in [2.24, 2.45) is 7.05 Å². The normalized spacial score (nSPS) is 12.0. The maximum absolute atomic E-state index is 13.3. The van der Waals surface area contributed by atoms with Gasteiger partial charge in [-0.25, -0.2) is 0 Å². The number of benzene rings is 2. The van der Waals surface area contributed by atoms with E-state index in [4.69, 9.17) is 0 Å². The number of carbonyl (C=O) groups is 1. The number of alkyl halides is 6. The minimum absolute atomic E-state index is 0.0127. The third kappa shape index (κ3) is 4.55. The van der Waals surface area contributed by atoms with Crippen LogP contribution in [0.2, 0.25) is 0 Å². The molecule has 1 heterocycles. The van der Waals surface area contributed by atoms with Crippen LogP contribution < -0.4 is 5.32 Å². The van der Waals surface area contributed by atoms with E-state index in [0.717, 1.165) is 16.9 Å². The van der Waals surface area contributed by atoms with E-state index in [0.29, 0.717) is 12.1 Å². The summed E-state index contributed by atoms with van der Waals surface area (Å²) in [7, 11) is 1.19. The molecule has 7 nitrogen and oxygen atoms in total. The van der Waals surface area contributed by atoms with E-state index in [-0.39, 0.29) is 16.8 Å². The number of nitrogens with one attached hydrogen (secondary N) is 1. The summed E-state index contributed by atoms with van der Waals surface area (Å²) in [5.41, 5.74) is -5.10. The molecule has 0 aliphatic rings. The average Bonchev–Trinajstić information content (AvgIpc) is 3.10. The van der Waals surface area contributed by atoms with Crippen LogP contribution >= 0.6 is 0 Å². The SMILES string of the molecule is Cn1cc(C(=O)Nc2ccccc2-c2ccc([N+](=O)[O-])c(C(F)(F)F)c2)c(C(F)(F)F)n1. The number of para-hydroxylation sites is 1. The van der Waals surface area contributed by atoms with Crippen LogP contribution in [0.4, 0.5) is 37.7 Å². The number of carbonyl (C=O) groups excluding carboxylic acids is 1. The largest absolute Gasteiger partial charge is 0.435 e. The van der Waals surface area contributed by atoms with Crippen LogP contribution in [0, 0.1) is 10.1 Å². The van der Waals surface area contributed by atoms with Crippen LogP contribution in [0.3, 0.4) is 0 Å². The predicted molar refractivity (Wildman–Crippen MR) is 99.7 cm³/mol. The summed E-state index contributed by atoms with van der Waals surface area (Å²) in [6, 6.07) is 7.65. The van der Waals surface area contributed by atoms with Gasteiger partial charge in [0.1, 0.15) is 5.56 Å². The van der Waals surface area contributed by atoms with Gasteiger partial charge in [-0.1, -0.05) is 18.2 Å². The summed E-state index contributed by atoms with van der Waals surface area (Å²) >= 11 is 0. The van der Waals surface area contributed by atoms with Crippen LogP contribution in [-0.2, 0) is 19.4 Å². The van der Waals surface area contributed by atoms with Gasteiger partial charge in [0.15, 0.2) is 5.69 Å². The van der Waals surface area contributed by atoms with E-state index in [9.17, 15) is 41.3 Å². The second kappa shape index (κ2) is 7.98. The van der Waals surface area contributed by atoms with Gasteiger partial charge in [0.05, 0.1) is 10.5 Å². The number of amides is 1. The van der Waals surface area contributed by atoms with Gasteiger partial charge in [-0.3, -0.25) is 19.6 Å². The summed E-state index contributed by atoms with van der Waals surface area (Å²) in [6.45, 7) is 0. The van der Waals surface area contributed by atoms with Gasteiger partial charge >= 0.3 is 12.4 Å². The Bertz CT molecular complexity index is 1200. The van der Waals surface area contributed by atoms with Crippen LogP contribution in [0.1, 0.15) is 21.6 Å². The van der Waals surface area contributed by atoms with Gasteiger partial charge in [-0.15, -0.1) is 0 Å². The third-order valence-electron chi connectivity index (χ3n) is 4.33. The van der Waals surface area contributed by atoms with E-state index >= 15 is 0 Å². The molecule has 0 atom stereocenters. The summed E-state index contributed by atoms with van der Waals surface area (Å²) in [6.07, 6.45) is -9.09. The number of nitro groups is 1. The average molecular weight is 458 g/mol. The van der Waals surface area contributed by atoms with Gasteiger partial charge in [0.25, 0.3) is 11.6 Å². The number of aromatic nitrogens is 2. The molecule has 2 aromatic carbocycles. The molecule has 0 aliphatic heterocycles. The smallest absolute Gasteiger partial charge is 0.321 e. The van der Waals surface area contributed by atoms with Gasteiger partial charge in [0, 0.05) is 30.6 Å². The Morgan fingerprint density at radius 1 is 1.06 bits per heavy atom. The quantitative estimate of drug-likeness (QED) is 0.327. The Labute approximate surface area is 175 Å². The number of hydrogen-bond acceptors (Lipinski definition) is 4. The molecule has 1 amide bonds. The van der Waals surface area contributed by atoms with E-state index < -0.39 is 45.7 Å². The van der Waals surface area contributed by atoms with Crippen molar-refractivity contribution in [2.75, 3.05) is 5.32 Å². The fourth-order valence-electron chi connectivity index (χ4n) is 2.99. The van der Waals surface area contributed by atoms with Gasteiger partial charge in [-0.2, -0.15) is 31.4 Å². The number of anilines is 1. The number of hydrogen-bond donors (Lipinski definition) is 1. The molecule has 13 heteroatoms. The second-order valence-electron chi connectivity index (χ2n) is 6.55. The van der Waals surface area contributed by atoms with E-state index in [1.807, 2.05) is 0 Å². The Hall–Kier alpha value is -3.90. The van der Waals surface area contributed by atoms with Crippen molar-refractivity contribution in [3.63, 3.8) is 0 Å². The zero-order valence-electron chi connectivity index (χ0n) is 16.0. The van der Waals surface area contributed by atoms with Crippen molar-refractivity contribution in [1.82, 2.24) is 9.78 Å². The molecule has 1 N–H and O–H groups in total. The highest BCUT2D eigenvalue weighted by molar-refractivity contribution is 6.07. The molecule has 0 unspecified atom stereocenters. The fraction of sp³-hybridized carbons (Fsp3) is 0.158. The van der Waals surface area contributed by atoms with Crippen molar-refractivity contribution in [3.05, 3.63) is 75.6 Å². The highest BCUT2D eigenvalue weighted by Crippen LogP contribution is 2.40. The van der Waals surface area contributed by atoms with Crippen LogP contribution in [0.15, 0.2) is 48.7 Å². The Kier molecular flexibility index (Phi) is 5.68. The summed E-state index contributed by atoms with van der Waals surface area (Å²) in [4.78, 5) is 22.3. The molecule has 32 heavy (non-hydrogen) atoms. The second-order valence-corrected chi connectivity index (χ2v) is 6.55. The monoisotopic (exact) mass is 458 g/mol. The minimum atomic E-state index is -5.03. The Balaban J connectivity index is 2.05. The number of aryl methyl sites for hydroxylation is 1.